The van der Waals surface area contributed by atoms with Crippen LogP contribution in [-0.4, -0.2) is 28.2 Å². The van der Waals surface area contributed by atoms with E-state index in [1.807, 2.05) is 83.4 Å². The van der Waals surface area contributed by atoms with E-state index in [2.05, 4.69) is 5.32 Å². The Hall–Kier alpha value is -3.25. The van der Waals surface area contributed by atoms with Crippen molar-refractivity contribution < 1.29 is 9.53 Å². The molecule has 4 rings (SSSR count). The Morgan fingerprint density at radius 2 is 1.79 bits per heavy atom. The largest absolute Gasteiger partial charge is 0.497 e. The van der Waals surface area contributed by atoms with Gasteiger partial charge in [0.1, 0.15) is 22.9 Å². The van der Waals surface area contributed by atoms with Gasteiger partial charge in [0.2, 0.25) is 5.91 Å². The third kappa shape index (κ3) is 3.87. The summed E-state index contributed by atoms with van der Waals surface area (Å²) in [4.78, 5) is 18.4. The van der Waals surface area contributed by atoms with E-state index < -0.39 is 0 Å². The zero-order valence-corrected chi connectivity index (χ0v) is 16.1. The highest BCUT2D eigenvalue weighted by molar-refractivity contribution is 8.00. The SMILES string of the molecule is COc1ccc(-c2nc3ccccn3c2NC(=O)CSc2ccccc2)cc1. The molecule has 6 heteroatoms. The van der Waals surface area contributed by atoms with E-state index in [1.54, 1.807) is 7.11 Å². The number of nitrogens with one attached hydrogen (secondary N) is 1. The molecule has 140 valence electrons. The standard InChI is InChI=1S/C22H19N3O2S/c1-27-17-12-10-16(11-13-17)21-22(25-14-6-5-9-19(25)23-21)24-20(26)15-28-18-7-3-2-4-8-18/h2-14H,15H2,1H3,(H,24,26). The van der Waals surface area contributed by atoms with Crippen molar-refractivity contribution >= 4 is 29.1 Å². The van der Waals surface area contributed by atoms with Crippen molar-refractivity contribution in [3.8, 4) is 17.0 Å². The predicted molar refractivity (Wildman–Crippen MR) is 113 cm³/mol. The van der Waals surface area contributed by atoms with Crippen molar-refractivity contribution in [1.29, 1.82) is 0 Å². The van der Waals surface area contributed by atoms with E-state index in [0.717, 1.165) is 27.5 Å². The van der Waals surface area contributed by atoms with Gasteiger partial charge in [-0.05, 0) is 48.5 Å². The van der Waals surface area contributed by atoms with Crippen LogP contribution in [0.2, 0.25) is 0 Å². The normalized spacial score (nSPS) is 10.8. The summed E-state index contributed by atoms with van der Waals surface area (Å²) in [6, 6.07) is 23.3. The molecule has 0 aliphatic rings. The molecule has 0 atom stereocenters. The number of aromatic nitrogens is 2. The Bertz CT molecular complexity index is 1090. The van der Waals surface area contributed by atoms with Crippen molar-refractivity contribution in [2.45, 2.75) is 4.90 Å². The molecule has 1 amide bonds. The van der Waals surface area contributed by atoms with Crippen LogP contribution < -0.4 is 10.1 Å². The lowest BCUT2D eigenvalue weighted by atomic mass is 10.1. The molecule has 0 fully saturated rings. The minimum atomic E-state index is -0.0748. The number of thioether (sulfide) groups is 1. The molecule has 0 aliphatic heterocycles. The summed E-state index contributed by atoms with van der Waals surface area (Å²) in [5, 5.41) is 3.04. The van der Waals surface area contributed by atoms with Crippen molar-refractivity contribution in [1.82, 2.24) is 9.38 Å². The lowest BCUT2D eigenvalue weighted by Gasteiger charge is -2.08. The van der Waals surface area contributed by atoms with Crippen LogP contribution in [0.15, 0.2) is 83.9 Å². The molecule has 0 radical (unpaired) electrons. The van der Waals surface area contributed by atoms with E-state index in [0.29, 0.717) is 11.6 Å². The monoisotopic (exact) mass is 389 g/mol. The van der Waals surface area contributed by atoms with Gasteiger partial charge in [0.15, 0.2) is 0 Å². The maximum absolute atomic E-state index is 12.6. The van der Waals surface area contributed by atoms with Gasteiger partial charge in [-0.1, -0.05) is 24.3 Å². The van der Waals surface area contributed by atoms with E-state index >= 15 is 0 Å². The summed E-state index contributed by atoms with van der Waals surface area (Å²) < 4.78 is 7.13. The molecule has 1 N–H and O–H groups in total. The van der Waals surface area contributed by atoms with Crippen molar-refractivity contribution in [2.24, 2.45) is 0 Å². The maximum atomic E-state index is 12.6. The summed E-state index contributed by atoms with van der Waals surface area (Å²) >= 11 is 1.50. The molecule has 0 aliphatic carbocycles. The number of rotatable bonds is 6. The van der Waals surface area contributed by atoms with Gasteiger partial charge in [0.05, 0.1) is 12.9 Å². The molecule has 0 spiro atoms. The third-order valence-corrected chi connectivity index (χ3v) is 5.28. The second-order valence-corrected chi connectivity index (χ2v) is 7.17. The van der Waals surface area contributed by atoms with Gasteiger partial charge in [0, 0.05) is 16.7 Å². The van der Waals surface area contributed by atoms with Crippen LogP contribution in [0.1, 0.15) is 0 Å². The van der Waals surface area contributed by atoms with Crippen LogP contribution >= 0.6 is 11.8 Å². The lowest BCUT2D eigenvalue weighted by molar-refractivity contribution is -0.113. The van der Waals surface area contributed by atoms with Gasteiger partial charge >= 0.3 is 0 Å². The van der Waals surface area contributed by atoms with Crippen LogP contribution in [0.4, 0.5) is 5.82 Å². The minimum absolute atomic E-state index is 0.0748. The summed E-state index contributed by atoms with van der Waals surface area (Å²) in [6.45, 7) is 0. The number of amides is 1. The van der Waals surface area contributed by atoms with E-state index in [1.165, 1.54) is 11.8 Å². The van der Waals surface area contributed by atoms with Gasteiger partial charge in [-0.25, -0.2) is 4.98 Å². The average molecular weight is 389 g/mol. The third-order valence-electron chi connectivity index (χ3n) is 4.26. The number of imidazole rings is 1. The number of nitrogens with zero attached hydrogens (tertiary/aromatic N) is 2. The van der Waals surface area contributed by atoms with Crippen molar-refractivity contribution in [3.63, 3.8) is 0 Å². The van der Waals surface area contributed by atoms with E-state index in [4.69, 9.17) is 9.72 Å². The summed E-state index contributed by atoms with van der Waals surface area (Å²) in [7, 11) is 1.63. The second-order valence-electron chi connectivity index (χ2n) is 6.12. The molecule has 2 aromatic carbocycles. The summed E-state index contributed by atoms with van der Waals surface area (Å²) in [5.41, 5.74) is 2.42. The zero-order valence-electron chi connectivity index (χ0n) is 15.3. The number of methoxy groups -OCH3 is 1. The predicted octanol–water partition coefficient (Wildman–Crippen LogP) is 4.74. The van der Waals surface area contributed by atoms with Crippen molar-refractivity contribution in [3.05, 3.63) is 79.0 Å². The number of pyridine rings is 1. The number of carbonyl (C=O) groups excluding carboxylic acids is 1. The number of hydrogen-bond donors (Lipinski definition) is 1. The highest BCUT2D eigenvalue weighted by Crippen LogP contribution is 2.30. The van der Waals surface area contributed by atoms with Gasteiger partial charge in [-0.2, -0.15) is 0 Å². The summed E-state index contributed by atoms with van der Waals surface area (Å²) in [6.07, 6.45) is 1.90. The molecule has 0 saturated carbocycles. The van der Waals surface area contributed by atoms with Gasteiger partial charge < -0.3 is 10.1 Å². The minimum Gasteiger partial charge on any atom is -0.497 e. The first kappa shape index (κ1) is 18.1. The molecule has 0 bridgehead atoms. The first-order valence-electron chi connectivity index (χ1n) is 8.84. The lowest BCUT2D eigenvalue weighted by Crippen LogP contribution is -2.16. The number of ether oxygens (including phenoxy) is 1. The number of anilines is 1. The highest BCUT2D eigenvalue weighted by Gasteiger charge is 2.16. The van der Waals surface area contributed by atoms with Gasteiger partial charge in [0.25, 0.3) is 0 Å². The van der Waals surface area contributed by atoms with Crippen LogP contribution in [-0.2, 0) is 4.79 Å². The first-order chi connectivity index (χ1) is 13.7. The van der Waals surface area contributed by atoms with Crippen LogP contribution in [0.3, 0.4) is 0 Å². The number of benzene rings is 2. The first-order valence-corrected chi connectivity index (χ1v) is 9.82. The summed E-state index contributed by atoms with van der Waals surface area (Å²) in [5.74, 6) is 1.69. The van der Waals surface area contributed by atoms with Gasteiger partial charge in [-0.3, -0.25) is 9.20 Å². The highest BCUT2D eigenvalue weighted by atomic mass is 32.2. The Morgan fingerprint density at radius 3 is 2.54 bits per heavy atom. The Labute approximate surface area is 167 Å². The van der Waals surface area contributed by atoms with Crippen molar-refractivity contribution in [2.75, 3.05) is 18.2 Å². The number of fused-ring (bicyclic) bond motifs is 1. The molecule has 4 aromatic rings. The molecule has 0 saturated heterocycles. The van der Waals surface area contributed by atoms with Crippen LogP contribution in [0.25, 0.3) is 16.9 Å². The van der Waals surface area contributed by atoms with Crippen LogP contribution in [0.5, 0.6) is 5.75 Å². The Kier molecular flexibility index (Phi) is 5.30. The van der Waals surface area contributed by atoms with Gasteiger partial charge in [-0.15, -0.1) is 11.8 Å². The number of carbonyl (C=O) groups is 1. The molecule has 2 aromatic heterocycles. The van der Waals surface area contributed by atoms with E-state index in [9.17, 15) is 4.79 Å². The number of hydrogen-bond acceptors (Lipinski definition) is 4. The maximum Gasteiger partial charge on any atom is 0.235 e. The molecular formula is C22H19N3O2S. The fourth-order valence-corrected chi connectivity index (χ4v) is 3.62. The van der Waals surface area contributed by atoms with Crippen LogP contribution in [0, 0.1) is 0 Å². The Morgan fingerprint density at radius 1 is 1.04 bits per heavy atom. The zero-order chi connectivity index (χ0) is 19.3. The Balaban J connectivity index is 1.62. The second kappa shape index (κ2) is 8.19. The fourth-order valence-electron chi connectivity index (χ4n) is 2.90. The smallest absolute Gasteiger partial charge is 0.235 e. The molecular weight excluding hydrogens is 370 g/mol. The quantitative estimate of drug-likeness (QED) is 0.484. The molecule has 28 heavy (non-hydrogen) atoms. The molecule has 0 unspecified atom stereocenters. The average Bonchev–Trinajstić information content (AvgIpc) is 3.11. The van der Waals surface area contributed by atoms with E-state index in [-0.39, 0.29) is 5.91 Å². The molecule has 5 nitrogen and oxygen atoms in total. The fraction of sp³-hybridized carbons (Fsp3) is 0.0909. The molecule has 2 heterocycles. The topological polar surface area (TPSA) is 55.6 Å².